The molecule has 76 valence electrons. The molecule has 0 aliphatic heterocycles. The number of carboxylic acids is 1. The highest BCUT2D eigenvalue weighted by Gasteiger charge is 2.51. The number of benzene rings is 1. The molecule has 3 nitrogen and oxygen atoms in total. The van der Waals surface area contributed by atoms with Crippen LogP contribution in [0.4, 0.5) is 5.69 Å². The molecular formula is C10H12ClNO2. The summed E-state index contributed by atoms with van der Waals surface area (Å²) >= 11 is 0. The van der Waals surface area contributed by atoms with Crippen molar-refractivity contribution in [3.63, 3.8) is 0 Å². The van der Waals surface area contributed by atoms with E-state index in [2.05, 4.69) is 0 Å². The minimum atomic E-state index is -0.725. The van der Waals surface area contributed by atoms with Crippen LogP contribution in [0.25, 0.3) is 0 Å². The summed E-state index contributed by atoms with van der Waals surface area (Å²) in [5.41, 5.74) is 6.46. The Morgan fingerprint density at radius 2 is 1.79 bits per heavy atom. The van der Waals surface area contributed by atoms with Crippen molar-refractivity contribution in [2.75, 3.05) is 5.73 Å². The Hall–Kier alpha value is -1.22. The van der Waals surface area contributed by atoms with Crippen molar-refractivity contribution in [2.24, 2.45) is 0 Å². The first-order valence-electron chi connectivity index (χ1n) is 4.24. The molecule has 0 amide bonds. The van der Waals surface area contributed by atoms with E-state index in [0.29, 0.717) is 5.69 Å². The minimum Gasteiger partial charge on any atom is -0.481 e. The highest BCUT2D eigenvalue weighted by molar-refractivity contribution is 5.85. The van der Waals surface area contributed by atoms with Gasteiger partial charge in [0.2, 0.25) is 0 Å². The van der Waals surface area contributed by atoms with Gasteiger partial charge in [-0.1, -0.05) is 12.1 Å². The molecule has 0 unspecified atom stereocenters. The molecule has 0 spiro atoms. The summed E-state index contributed by atoms with van der Waals surface area (Å²) in [7, 11) is 0. The van der Waals surface area contributed by atoms with Crippen LogP contribution in [0.5, 0.6) is 0 Å². The van der Waals surface area contributed by atoms with Gasteiger partial charge >= 0.3 is 5.97 Å². The Balaban J connectivity index is 0.000000980. The Kier molecular flexibility index (Phi) is 2.71. The van der Waals surface area contributed by atoms with Crippen molar-refractivity contribution < 1.29 is 9.90 Å². The SMILES string of the molecule is Cl.Nc1ccc(C2(C(=O)O)CC2)cc1. The summed E-state index contributed by atoms with van der Waals surface area (Å²) in [5, 5.41) is 9.00. The van der Waals surface area contributed by atoms with Crippen LogP contribution in [0.15, 0.2) is 24.3 Å². The standard InChI is InChI=1S/C10H11NO2.ClH/c11-8-3-1-7(2-4-8)10(5-6-10)9(12)13;/h1-4H,5-6,11H2,(H,12,13);1H. The molecule has 1 aromatic carbocycles. The first-order valence-corrected chi connectivity index (χ1v) is 4.24. The van der Waals surface area contributed by atoms with Crippen LogP contribution < -0.4 is 5.73 Å². The Morgan fingerprint density at radius 3 is 2.14 bits per heavy atom. The van der Waals surface area contributed by atoms with Gasteiger partial charge in [0.1, 0.15) is 0 Å². The average molecular weight is 214 g/mol. The lowest BCUT2D eigenvalue weighted by Gasteiger charge is -2.09. The van der Waals surface area contributed by atoms with E-state index in [0.717, 1.165) is 18.4 Å². The Morgan fingerprint density at radius 1 is 1.29 bits per heavy atom. The molecule has 2 rings (SSSR count). The maximum absolute atomic E-state index is 10.9. The molecule has 0 atom stereocenters. The molecule has 1 aliphatic carbocycles. The third kappa shape index (κ3) is 1.55. The van der Waals surface area contributed by atoms with Gasteiger partial charge in [-0.25, -0.2) is 0 Å². The molecule has 0 heterocycles. The highest BCUT2D eigenvalue weighted by atomic mass is 35.5. The number of halogens is 1. The molecule has 0 saturated heterocycles. The largest absolute Gasteiger partial charge is 0.481 e. The molecule has 14 heavy (non-hydrogen) atoms. The zero-order valence-electron chi connectivity index (χ0n) is 7.56. The fourth-order valence-corrected chi connectivity index (χ4v) is 1.55. The number of hydrogen-bond donors (Lipinski definition) is 2. The molecule has 4 heteroatoms. The van der Waals surface area contributed by atoms with Crippen LogP contribution in [0, 0.1) is 0 Å². The fourth-order valence-electron chi connectivity index (χ4n) is 1.55. The maximum Gasteiger partial charge on any atom is 0.314 e. The van der Waals surface area contributed by atoms with Crippen LogP contribution in [0.1, 0.15) is 18.4 Å². The lowest BCUT2D eigenvalue weighted by atomic mass is 9.96. The molecular weight excluding hydrogens is 202 g/mol. The van der Waals surface area contributed by atoms with E-state index in [9.17, 15) is 4.79 Å². The average Bonchev–Trinajstić information content (AvgIpc) is 2.86. The van der Waals surface area contributed by atoms with Crippen LogP contribution in [-0.2, 0) is 10.2 Å². The van der Waals surface area contributed by atoms with Crippen LogP contribution in [0.3, 0.4) is 0 Å². The molecule has 1 aliphatic rings. The van der Waals surface area contributed by atoms with E-state index in [1.807, 2.05) is 0 Å². The molecule has 1 aromatic rings. The number of hydrogen-bond acceptors (Lipinski definition) is 2. The smallest absolute Gasteiger partial charge is 0.314 e. The van der Waals surface area contributed by atoms with Gasteiger partial charge in [0, 0.05) is 5.69 Å². The maximum atomic E-state index is 10.9. The van der Waals surface area contributed by atoms with Crippen molar-refractivity contribution in [3.05, 3.63) is 29.8 Å². The summed E-state index contributed by atoms with van der Waals surface area (Å²) in [6.07, 6.45) is 1.48. The summed E-state index contributed by atoms with van der Waals surface area (Å²) in [4.78, 5) is 10.9. The first kappa shape index (κ1) is 10.9. The monoisotopic (exact) mass is 213 g/mol. The number of anilines is 1. The van der Waals surface area contributed by atoms with E-state index >= 15 is 0 Å². The number of nitrogens with two attached hydrogens (primary N) is 1. The summed E-state index contributed by atoms with van der Waals surface area (Å²) in [6, 6.07) is 7.10. The van der Waals surface area contributed by atoms with Crippen LogP contribution in [0.2, 0.25) is 0 Å². The predicted molar refractivity (Wildman–Crippen MR) is 56.7 cm³/mol. The summed E-state index contributed by atoms with van der Waals surface area (Å²) < 4.78 is 0. The van der Waals surface area contributed by atoms with Crippen molar-refractivity contribution in [1.29, 1.82) is 0 Å². The Bertz CT molecular complexity index is 344. The number of nitrogen functional groups attached to an aromatic ring is 1. The van der Waals surface area contributed by atoms with Crippen LogP contribution >= 0.6 is 12.4 Å². The highest BCUT2D eigenvalue weighted by Crippen LogP contribution is 2.48. The van der Waals surface area contributed by atoms with E-state index in [-0.39, 0.29) is 12.4 Å². The van der Waals surface area contributed by atoms with E-state index in [1.54, 1.807) is 24.3 Å². The van der Waals surface area contributed by atoms with Crippen molar-refractivity contribution in [1.82, 2.24) is 0 Å². The fraction of sp³-hybridized carbons (Fsp3) is 0.300. The minimum absolute atomic E-state index is 0. The second kappa shape index (κ2) is 3.50. The topological polar surface area (TPSA) is 63.3 Å². The number of aliphatic carboxylic acids is 1. The third-order valence-corrected chi connectivity index (χ3v) is 2.62. The second-order valence-electron chi connectivity index (χ2n) is 3.51. The third-order valence-electron chi connectivity index (χ3n) is 2.62. The van der Waals surface area contributed by atoms with Gasteiger partial charge in [0.15, 0.2) is 0 Å². The second-order valence-corrected chi connectivity index (χ2v) is 3.51. The number of carboxylic acid groups (broad SMARTS) is 1. The van der Waals surface area contributed by atoms with E-state index in [4.69, 9.17) is 10.8 Å². The molecule has 3 N–H and O–H groups in total. The van der Waals surface area contributed by atoms with Gasteiger partial charge in [-0.3, -0.25) is 4.79 Å². The molecule has 0 radical (unpaired) electrons. The van der Waals surface area contributed by atoms with Gasteiger partial charge in [-0.15, -0.1) is 12.4 Å². The molecule has 0 bridgehead atoms. The van der Waals surface area contributed by atoms with Gasteiger partial charge < -0.3 is 10.8 Å². The lowest BCUT2D eigenvalue weighted by Crippen LogP contribution is -2.19. The Labute approximate surface area is 88.3 Å². The summed E-state index contributed by atoms with van der Waals surface area (Å²) in [6.45, 7) is 0. The van der Waals surface area contributed by atoms with Gasteiger partial charge in [0.05, 0.1) is 5.41 Å². The lowest BCUT2D eigenvalue weighted by molar-refractivity contribution is -0.140. The number of rotatable bonds is 2. The van der Waals surface area contributed by atoms with Crippen molar-refractivity contribution in [3.8, 4) is 0 Å². The van der Waals surface area contributed by atoms with Crippen molar-refractivity contribution >= 4 is 24.1 Å². The molecule has 0 aromatic heterocycles. The van der Waals surface area contributed by atoms with Gasteiger partial charge in [-0.05, 0) is 30.5 Å². The number of carbonyl (C=O) groups is 1. The molecule has 1 saturated carbocycles. The van der Waals surface area contributed by atoms with Gasteiger partial charge in [-0.2, -0.15) is 0 Å². The predicted octanol–water partition coefficient (Wildman–Crippen LogP) is 1.81. The van der Waals surface area contributed by atoms with Crippen molar-refractivity contribution in [2.45, 2.75) is 18.3 Å². The van der Waals surface area contributed by atoms with E-state index in [1.165, 1.54) is 0 Å². The molecule has 1 fully saturated rings. The first-order chi connectivity index (χ1) is 6.15. The van der Waals surface area contributed by atoms with Crippen LogP contribution in [-0.4, -0.2) is 11.1 Å². The van der Waals surface area contributed by atoms with Gasteiger partial charge in [0.25, 0.3) is 0 Å². The zero-order valence-corrected chi connectivity index (χ0v) is 8.38. The normalized spacial score (nSPS) is 16.9. The van der Waals surface area contributed by atoms with E-state index < -0.39 is 11.4 Å². The quantitative estimate of drug-likeness (QED) is 0.737. The summed E-state index contributed by atoms with van der Waals surface area (Å²) in [5.74, 6) is -0.725. The zero-order chi connectivity index (χ0) is 9.47.